The first-order chi connectivity index (χ1) is 16.5. The van der Waals surface area contributed by atoms with Crippen LogP contribution in [0.3, 0.4) is 0 Å². The molecule has 0 radical (unpaired) electrons. The van der Waals surface area contributed by atoms with Crippen molar-refractivity contribution in [3.8, 4) is 23.0 Å². The van der Waals surface area contributed by atoms with Crippen LogP contribution in [0.4, 0.5) is 11.4 Å². The van der Waals surface area contributed by atoms with Gasteiger partial charge in [-0.25, -0.2) is 0 Å². The Labute approximate surface area is 199 Å². The lowest BCUT2D eigenvalue weighted by atomic mass is 10.1. The van der Waals surface area contributed by atoms with E-state index < -0.39 is 0 Å². The van der Waals surface area contributed by atoms with Crippen molar-refractivity contribution in [3.05, 3.63) is 77.4 Å². The number of hydrogen-bond acceptors (Lipinski definition) is 6. The average molecular weight is 461 g/mol. The highest BCUT2D eigenvalue weighted by atomic mass is 16.5. The van der Waals surface area contributed by atoms with Gasteiger partial charge < -0.3 is 30.0 Å². The van der Waals surface area contributed by atoms with E-state index in [4.69, 9.17) is 24.7 Å². The van der Waals surface area contributed by atoms with Crippen LogP contribution >= 0.6 is 0 Å². The van der Waals surface area contributed by atoms with Gasteiger partial charge in [-0.05, 0) is 53.1 Å². The first kappa shape index (κ1) is 24.3. The van der Waals surface area contributed by atoms with Crippen LogP contribution in [0.15, 0.2) is 60.7 Å². The van der Waals surface area contributed by atoms with Crippen molar-refractivity contribution in [3.63, 3.8) is 0 Å². The molecule has 0 saturated heterocycles. The maximum absolute atomic E-state index is 12.5. The highest BCUT2D eigenvalue weighted by Crippen LogP contribution is 2.38. The van der Waals surface area contributed by atoms with Crippen molar-refractivity contribution in [2.75, 3.05) is 39.5 Å². The third kappa shape index (κ3) is 5.89. The Morgan fingerprint density at radius 3 is 2.06 bits per heavy atom. The lowest BCUT2D eigenvalue weighted by Gasteiger charge is -2.13. The first-order valence-electron chi connectivity index (χ1n) is 10.5. The van der Waals surface area contributed by atoms with Crippen LogP contribution in [0.2, 0.25) is 0 Å². The van der Waals surface area contributed by atoms with Gasteiger partial charge in [-0.15, -0.1) is 0 Å². The third-order valence-electron chi connectivity index (χ3n) is 5.04. The van der Waals surface area contributed by atoms with Crippen molar-refractivity contribution in [2.45, 2.75) is 0 Å². The summed E-state index contributed by atoms with van der Waals surface area (Å²) in [4.78, 5) is 12.5. The molecule has 0 bridgehead atoms. The van der Waals surface area contributed by atoms with Crippen LogP contribution in [-0.4, -0.2) is 34.3 Å². The summed E-state index contributed by atoms with van der Waals surface area (Å²) in [5.74, 6) is 1.98. The Hall–Kier alpha value is -4.39. The SMILES string of the molecule is COc1ccc(/C=C/C(=O)Nc2ccccc2C=Cc2cc(OC)c(OC)c(OC)c2)cc1N. The van der Waals surface area contributed by atoms with E-state index in [1.54, 1.807) is 46.6 Å². The van der Waals surface area contributed by atoms with E-state index in [2.05, 4.69) is 5.32 Å². The minimum atomic E-state index is -0.261. The number of hydrogen-bond donors (Lipinski definition) is 2. The summed E-state index contributed by atoms with van der Waals surface area (Å²) in [7, 11) is 6.27. The Morgan fingerprint density at radius 1 is 0.765 bits per heavy atom. The summed E-state index contributed by atoms with van der Waals surface area (Å²) in [5, 5.41) is 2.92. The minimum absolute atomic E-state index is 0.261. The molecule has 7 nitrogen and oxygen atoms in total. The standard InChI is InChI=1S/C27H28N2O5/c1-31-23-13-10-18(15-21(23)28)11-14-26(30)29-22-8-6-5-7-20(22)12-9-19-16-24(32-2)27(34-4)25(17-19)33-3/h5-17H,28H2,1-4H3,(H,29,30)/b12-9?,14-11+. The molecule has 0 aliphatic heterocycles. The van der Waals surface area contributed by atoms with Crippen LogP contribution in [-0.2, 0) is 4.79 Å². The maximum atomic E-state index is 12.5. The third-order valence-corrected chi connectivity index (χ3v) is 5.04. The predicted octanol–water partition coefficient (Wildman–Crippen LogP) is 5.13. The zero-order valence-electron chi connectivity index (χ0n) is 19.6. The molecule has 3 N–H and O–H groups in total. The second-order valence-corrected chi connectivity index (χ2v) is 7.20. The van der Waals surface area contributed by atoms with Gasteiger partial charge in [0.2, 0.25) is 11.7 Å². The fourth-order valence-corrected chi connectivity index (χ4v) is 3.34. The largest absolute Gasteiger partial charge is 0.495 e. The van der Waals surface area contributed by atoms with Crippen molar-refractivity contribution in [1.82, 2.24) is 0 Å². The fraction of sp³-hybridized carbons (Fsp3) is 0.148. The molecule has 0 saturated carbocycles. The van der Waals surface area contributed by atoms with E-state index in [0.29, 0.717) is 34.4 Å². The lowest BCUT2D eigenvalue weighted by Crippen LogP contribution is -2.08. The Kier molecular flexibility index (Phi) is 8.18. The van der Waals surface area contributed by atoms with E-state index in [-0.39, 0.29) is 5.91 Å². The summed E-state index contributed by atoms with van der Waals surface area (Å²) in [6.45, 7) is 0. The topological polar surface area (TPSA) is 92.0 Å². The molecule has 34 heavy (non-hydrogen) atoms. The van der Waals surface area contributed by atoms with Crippen molar-refractivity contribution >= 4 is 35.5 Å². The molecular weight excluding hydrogens is 432 g/mol. The fourth-order valence-electron chi connectivity index (χ4n) is 3.34. The smallest absolute Gasteiger partial charge is 0.248 e. The Morgan fingerprint density at radius 2 is 1.44 bits per heavy atom. The number of methoxy groups -OCH3 is 4. The van der Waals surface area contributed by atoms with Gasteiger partial charge in [0.25, 0.3) is 0 Å². The first-order valence-corrected chi connectivity index (χ1v) is 10.5. The Bertz CT molecular complexity index is 1190. The summed E-state index contributed by atoms with van der Waals surface area (Å²) in [5.41, 5.74) is 9.60. The Balaban J connectivity index is 1.78. The van der Waals surface area contributed by atoms with Crippen LogP contribution in [0, 0.1) is 0 Å². The molecular formula is C27H28N2O5. The summed E-state index contributed by atoms with van der Waals surface area (Å²) in [6.07, 6.45) is 6.97. The van der Waals surface area contributed by atoms with Crippen molar-refractivity contribution in [2.24, 2.45) is 0 Å². The number of carbonyl (C=O) groups excluding carboxylic acids is 1. The normalized spacial score (nSPS) is 10.9. The number of carbonyl (C=O) groups is 1. The van der Waals surface area contributed by atoms with E-state index in [0.717, 1.165) is 16.7 Å². The second kappa shape index (κ2) is 11.5. The molecule has 3 aromatic rings. The number of nitrogens with two attached hydrogens (primary N) is 1. The summed E-state index contributed by atoms with van der Waals surface area (Å²) >= 11 is 0. The summed E-state index contributed by atoms with van der Waals surface area (Å²) < 4.78 is 21.4. The number of para-hydroxylation sites is 1. The van der Waals surface area contributed by atoms with Crippen molar-refractivity contribution < 1.29 is 23.7 Å². The van der Waals surface area contributed by atoms with Gasteiger partial charge in [0.1, 0.15) is 5.75 Å². The van der Waals surface area contributed by atoms with E-state index in [1.165, 1.54) is 6.08 Å². The zero-order chi connectivity index (χ0) is 24.5. The number of ether oxygens (including phenoxy) is 4. The van der Waals surface area contributed by atoms with E-state index in [9.17, 15) is 4.79 Å². The molecule has 0 fully saturated rings. The number of nitrogen functional groups attached to an aromatic ring is 1. The van der Waals surface area contributed by atoms with E-state index >= 15 is 0 Å². The quantitative estimate of drug-likeness (QED) is 0.261. The van der Waals surface area contributed by atoms with Crippen LogP contribution < -0.4 is 30.0 Å². The number of benzene rings is 3. The van der Waals surface area contributed by atoms with Gasteiger partial charge in [0.15, 0.2) is 11.5 Å². The van der Waals surface area contributed by atoms with Gasteiger partial charge in [-0.2, -0.15) is 0 Å². The highest BCUT2D eigenvalue weighted by Gasteiger charge is 2.12. The average Bonchev–Trinajstić information content (AvgIpc) is 2.86. The molecule has 3 rings (SSSR count). The molecule has 176 valence electrons. The van der Waals surface area contributed by atoms with Gasteiger partial charge >= 0.3 is 0 Å². The van der Waals surface area contributed by atoms with Crippen LogP contribution in [0.1, 0.15) is 16.7 Å². The van der Waals surface area contributed by atoms with E-state index in [1.807, 2.05) is 54.6 Å². The number of amides is 1. The van der Waals surface area contributed by atoms with Crippen LogP contribution in [0.5, 0.6) is 23.0 Å². The molecule has 0 spiro atoms. The molecule has 0 aliphatic rings. The molecule has 1 amide bonds. The highest BCUT2D eigenvalue weighted by molar-refractivity contribution is 6.03. The lowest BCUT2D eigenvalue weighted by molar-refractivity contribution is -0.111. The van der Waals surface area contributed by atoms with Gasteiger partial charge in [0.05, 0.1) is 34.1 Å². The number of anilines is 2. The van der Waals surface area contributed by atoms with Gasteiger partial charge in [-0.3, -0.25) is 4.79 Å². The molecule has 0 unspecified atom stereocenters. The molecule has 0 atom stereocenters. The molecule has 3 aromatic carbocycles. The predicted molar refractivity (Wildman–Crippen MR) is 137 cm³/mol. The summed E-state index contributed by atoms with van der Waals surface area (Å²) in [6, 6.07) is 16.6. The van der Waals surface area contributed by atoms with Gasteiger partial charge in [0, 0.05) is 11.8 Å². The minimum Gasteiger partial charge on any atom is -0.495 e. The van der Waals surface area contributed by atoms with Gasteiger partial charge in [-0.1, -0.05) is 36.4 Å². The number of nitrogens with one attached hydrogen (secondary N) is 1. The van der Waals surface area contributed by atoms with Crippen LogP contribution in [0.25, 0.3) is 18.2 Å². The maximum Gasteiger partial charge on any atom is 0.248 e. The second-order valence-electron chi connectivity index (χ2n) is 7.20. The molecule has 7 heteroatoms. The van der Waals surface area contributed by atoms with Crippen molar-refractivity contribution in [1.29, 1.82) is 0 Å². The monoisotopic (exact) mass is 460 g/mol. The molecule has 0 heterocycles. The number of rotatable bonds is 9. The molecule has 0 aromatic heterocycles. The molecule has 0 aliphatic carbocycles. The zero-order valence-corrected chi connectivity index (χ0v) is 19.6.